The van der Waals surface area contributed by atoms with E-state index in [9.17, 15) is 14.0 Å². The van der Waals surface area contributed by atoms with Gasteiger partial charge in [-0.1, -0.05) is 85.8 Å². The first-order valence-electron chi connectivity index (χ1n) is 11.0. The van der Waals surface area contributed by atoms with Crippen LogP contribution in [0.15, 0.2) is 84.9 Å². The summed E-state index contributed by atoms with van der Waals surface area (Å²) in [5.74, 6) is -0.835. The second kappa shape index (κ2) is 11.8. The summed E-state index contributed by atoms with van der Waals surface area (Å²) in [6.07, 6.45) is 1.28. The van der Waals surface area contributed by atoms with Crippen molar-refractivity contribution in [2.75, 3.05) is 6.54 Å². The number of carbonyl (C=O) groups excluding carboxylic acids is 2. The highest BCUT2D eigenvalue weighted by Crippen LogP contribution is 2.18. The van der Waals surface area contributed by atoms with Crippen LogP contribution in [0, 0.1) is 5.82 Å². The first-order valence-corrected chi connectivity index (χ1v) is 11.0. The van der Waals surface area contributed by atoms with Gasteiger partial charge in [-0.2, -0.15) is 0 Å². The molecule has 0 saturated heterocycles. The summed E-state index contributed by atoms with van der Waals surface area (Å²) in [4.78, 5) is 28.2. The first kappa shape index (κ1) is 23.2. The van der Waals surface area contributed by atoms with E-state index in [-0.39, 0.29) is 24.8 Å². The van der Waals surface area contributed by atoms with Gasteiger partial charge >= 0.3 is 0 Å². The summed E-state index contributed by atoms with van der Waals surface area (Å²) in [6.45, 7) is 2.52. The molecule has 0 heterocycles. The molecule has 1 N–H and O–H groups in total. The zero-order valence-corrected chi connectivity index (χ0v) is 18.3. The lowest BCUT2D eigenvalue weighted by Crippen LogP contribution is -2.51. The van der Waals surface area contributed by atoms with Gasteiger partial charge in [0.05, 0.1) is 6.42 Å². The Morgan fingerprint density at radius 1 is 0.875 bits per heavy atom. The Balaban J connectivity index is 1.95. The second-order valence-corrected chi connectivity index (χ2v) is 7.77. The maximum Gasteiger partial charge on any atom is 0.243 e. The van der Waals surface area contributed by atoms with Crippen LogP contribution >= 0.6 is 0 Å². The molecule has 0 fully saturated rings. The normalized spacial score (nSPS) is 11.6. The van der Waals surface area contributed by atoms with Crippen LogP contribution in [0.3, 0.4) is 0 Å². The number of halogens is 1. The highest BCUT2D eigenvalue weighted by Gasteiger charge is 2.30. The third kappa shape index (κ3) is 6.51. The highest BCUT2D eigenvalue weighted by molar-refractivity contribution is 5.88. The zero-order valence-electron chi connectivity index (χ0n) is 18.3. The van der Waals surface area contributed by atoms with Crippen molar-refractivity contribution in [1.82, 2.24) is 10.2 Å². The Morgan fingerprint density at radius 3 is 2.09 bits per heavy atom. The molecule has 0 unspecified atom stereocenters. The Labute approximate surface area is 189 Å². The molecule has 0 aliphatic heterocycles. The predicted molar refractivity (Wildman–Crippen MR) is 124 cm³/mol. The summed E-state index contributed by atoms with van der Waals surface area (Å²) in [6, 6.07) is 24.6. The van der Waals surface area contributed by atoms with Crippen molar-refractivity contribution in [1.29, 1.82) is 0 Å². The van der Waals surface area contributed by atoms with Gasteiger partial charge in [0.2, 0.25) is 11.8 Å². The Morgan fingerprint density at radius 2 is 1.47 bits per heavy atom. The lowest BCUT2D eigenvalue weighted by molar-refractivity contribution is -0.140. The maximum absolute atomic E-state index is 14.5. The van der Waals surface area contributed by atoms with Crippen molar-refractivity contribution in [3.8, 4) is 0 Å². The molecule has 3 aromatic carbocycles. The fraction of sp³-hybridized carbons (Fsp3) is 0.259. The molecule has 3 rings (SSSR count). The molecular weight excluding hydrogens is 403 g/mol. The smallest absolute Gasteiger partial charge is 0.243 e. The molecule has 3 aromatic rings. The van der Waals surface area contributed by atoms with E-state index in [4.69, 9.17) is 0 Å². The van der Waals surface area contributed by atoms with Gasteiger partial charge in [-0.15, -0.1) is 0 Å². The van der Waals surface area contributed by atoms with Gasteiger partial charge in [-0.25, -0.2) is 4.39 Å². The van der Waals surface area contributed by atoms with Crippen LogP contribution in [0.2, 0.25) is 0 Å². The number of carbonyl (C=O) groups is 2. The van der Waals surface area contributed by atoms with Crippen molar-refractivity contribution in [2.24, 2.45) is 0 Å². The minimum absolute atomic E-state index is 0.0232. The molecule has 0 aromatic heterocycles. The Kier molecular flexibility index (Phi) is 8.55. The van der Waals surface area contributed by atoms with Crippen molar-refractivity contribution in [3.63, 3.8) is 0 Å². The van der Waals surface area contributed by atoms with Crippen molar-refractivity contribution >= 4 is 11.8 Å². The van der Waals surface area contributed by atoms with Crippen molar-refractivity contribution in [3.05, 3.63) is 107 Å². The molecule has 4 nitrogen and oxygen atoms in total. The number of benzene rings is 3. The van der Waals surface area contributed by atoms with E-state index in [1.54, 1.807) is 18.2 Å². The van der Waals surface area contributed by atoms with Crippen LogP contribution in [-0.2, 0) is 29.0 Å². The fourth-order valence-electron chi connectivity index (χ4n) is 3.60. The van der Waals surface area contributed by atoms with Crippen LogP contribution in [0.25, 0.3) is 0 Å². The number of rotatable bonds is 10. The van der Waals surface area contributed by atoms with Crippen LogP contribution in [-0.4, -0.2) is 29.3 Å². The topological polar surface area (TPSA) is 49.4 Å². The number of nitrogens with one attached hydrogen (secondary N) is 1. The van der Waals surface area contributed by atoms with Gasteiger partial charge in [0.1, 0.15) is 11.9 Å². The Hall–Kier alpha value is -3.47. The van der Waals surface area contributed by atoms with E-state index in [1.807, 2.05) is 67.6 Å². The van der Waals surface area contributed by atoms with E-state index < -0.39 is 11.9 Å². The number of hydrogen-bond acceptors (Lipinski definition) is 2. The van der Waals surface area contributed by atoms with Crippen molar-refractivity contribution in [2.45, 2.75) is 38.8 Å². The fourth-order valence-corrected chi connectivity index (χ4v) is 3.60. The number of amides is 2. The standard InChI is InChI=1S/C27H29FN2O2/c1-2-17-29-27(32)25(18-21-11-5-3-6-12-21)30(20-23-15-9-10-16-24(23)28)26(31)19-22-13-7-4-8-14-22/h3-16,25H,2,17-20H2,1H3,(H,29,32)/t25-/m1/s1. The molecule has 0 saturated carbocycles. The quantitative estimate of drug-likeness (QED) is 0.512. The largest absolute Gasteiger partial charge is 0.354 e. The summed E-state index contributed by atoms with van der Waals surface area (Å²) >= 11 is 0. The molecular formula is C27H29FN2O2. The van der Waals surface area contributed by atoms with Gasteiger partial charge in [-0.05, 0) is 23.6 Å². The van der Waals surface area contributed by atoms with Gasteiger partial charge in [0.15, 0.2) is 0 Å². The van der Waals surface area contributed by atoms with Crippen LogP contribution < -0.4 is 5.32 Å². The number of nitrogens with zero attached hydrogens (tertiary/aromatic N) is 1. The van der Waals surface area contributed by atoms with E-state index in [1.165, 1.54) is 11.0 Å². The minimum atomic E-state index is -0.750. The first-order chi connectivity index (χ1) is 15.6. The van der Waals surface area contributed by atoms with E-state index in [0.29, 0.717) is 18.5 Å². The summed E-state index contributed by atoms with van der Waals surface area (Å²) < 4.78 is 14.5. The summed E-state index contributed by atoms with van der Waals surface area (Å²) in [5, 5.41) is 2.93. The predicted octanol–water partition coefficient (Wildman–Crippen LogP) is 4.53. The summed E-state index contributed by atoms with van der Waals surface area (Å²) in [7, 11) is 0. The maximum atomic E-state index is 14.5. The molecule has 32 heavy (non-hydrogen) atoms. The monoisotopic (exact) mass is 432 g/mol. The van der Waals surface area contributed by atoms with Gasteiger partial charge < -0.3 is 10.2 Å². The third-order valence-corrected chi connectivity index (χ3v) is 5.32. The third-order valence-electron chi connectivity index (χ3n) is 5.32. The zero-order chi connectivity index (χ0) is 22.8. The van der Waals surface area contributed by atoms with E-state index >= 15 is 0 Å². The van der Waals surface area contributed by atoms with Gasteiger partial charge in [0, 0.05) is 25.1 Å². The average molecular weight is 433 g/mol. The van der Waals surface area contributed by atoms with Crippen LogP contribution in [0.5, 0.6) is 0 Å². The molecule has 2 amide bonds. The van der Waals surface area contributed by atoms with E-state index in [2.05, 4.69) is 5.32 Å². The summed E-state index contributed by atoms with van der Waals surface area (Å²) in [5.41, 5.74) is 2.17. The van der Waals surface area contributed by atoms with Crippen LogP contribution in [0.1, 0.15) is 30.0 Å². The lowest BCUT2D eigenvalue weighted by atomic mass is 10.0. The minimum Gasteiger partial charge on any atom is -0.354 e. The lowest BCUT2D eigenvalue weighted by Gasteiger charge is -2.31. The molecule has 0 bridgehead atoms. The Bertz CT molecular complexity index is 1010. The van der Waals surface area contributed by atoms with Gasteiger partial charge in [-0.3, -0.25) is 9.59 Å². The van der Waals surface area contributed by atoms with Crippen LogP contribution in [0.4, 0.5) is 4.39 Å². The molecule has 0 aliphatic rings. The van der Waals surface area contributed by atoms with Gasteiger partial charge in [0.25, 0.3) is 0 Å². The average Bonchev–Trinajstić information content (AvgIpc) is 2.82. The molecule has 0 spiro atoms. The molecule has 166 valence electrons. The molecule has 1 atom stereocenters. The second-order valence-electron chi connectivity index (χ2n) is 7.77. The SMILES string of the molecule is CCCNC(=O)[C@@H](Cc1ccccc1)N(Cc1ccccc1F)C(=O)Cc1ccccc1. The highest BCUT2D eigenvalue weighted by atomic mass is 19.1. The molecule has 5 heteroatoms. The number of hydrogen-bond donors (Lipinski definition) is 1. The van der Waals surface area contributed by atoms with E-state index in [0.717, 1.165) is 17.5 Å². The molecule has 0 radical (unpaired) electrons. The van der Waals surface area contributed by atoms with Crippen molar-refractivity contribution < 1.29 is 14.0 Å². The molecule has 0 aliphatic carbocycles.